The van der Waals surface area contributed by atoms with E-state index in [0.717, 1.165) is 53.4 Å². The third-order valence-electron chi connectivity index (χ3n) is 5.66. The molecule has 0 aliphatic carbocycles. The van der Waals surface area contributed by atoms with E-state index in [9.17, 15) is 4.79 Å². The fourth-order valence-corrected chi connectivity index (χ4v) is 6.11. The highest BCUT2D eigenvalue weighted by Crippen LogP contribution is 2.50. The predicted octanol–water partition coefficient (Wildman–Crippen LogP) is 4.14. The molecule has 2 aromatic carbocycles. The first kappa shape index (κ1) is 21.2. The fraction of sp³-hybridized carbons (Fsp3) is 0.304. The van der Waals surface area contributed by atoms with Gasteiger partial charge in [-0.1, -0.05) is 11.8 Å². The zero-order valence-electron chi connectivity index (χ0n) is 18.2. The van der Waals surface area contributed by atoms with Crippen LogP contribution in [-0.2, 0) is 9.53 Å². The second-order valence-electron chi connectivity index (χ2n) is 7.61. The van der Waals surface area contributed by atoms with Crippen LogP contribution < -0.4 is 14.5 Å². The van der Waals surface area contributed by atoms with Crippen LogP contribution in [0.15, 0.2) is 62.3 Å². The van der Waals surface area contributed by atoms with Crippen LogP contribution in [0, 0.1) is 0 Å². The molecule has 2 saturated heterocycles. The summed E-state index contributed by atoms with van der Waals surface area (Å²) in [6.45, 7) is 3.32. The number of rotatable bonds is 3. The van der Waals surface area contributed by atoms with E-state index in [-0.39, 0.29) is 5.91 Å². The molecule has 3 heterocycles. The molecule has 0 N–H and O–H groups in total. The first-order valence-electron chi connectivity index (χ1n) is 10.4. The molecule has 0 bridgehead atoms. The Bertz CT molecular complexity index is 1110. The molecule has 9 heteroatoms. The topological polar surface area (TPSA) is 57.6 Å². The van der Waals surface area contributed by atoms with Crippen molar-refractivity contribution in [2.24, 2.45) is 4.99 Å². The van der Waals surface area contributed by atoms with Gasteiger partial charge in [0.2, 0.25) is 0 Å². The van der Waals surface area contributed by atoms with E-state index in [4.69, 9.17) is 14.5 Å². The van der Waals surface area contributed by atoms with Gasteiger partial charge in [-0.05, 0) is 48.2 Å². The molecule has 1 amide bonds. The third kappa shape index (κ3) is 3.85. The number of ether oxygens (including phenoxy) is 2. The molecule has 2 aromatic rings. The molecule has 2 fully saturated rings. The van der Waals surface area contributed by atoms with Crippen molar-refractivity contribution in [2.75, 3.05) is 57.3 Å². The van der Waals surface area contributed by atoms with Gasteiger partial charge >= 0.3 is 0 Å². The summed E-state index contributed by atoms with van der Waals surface area (Å²) in [5.74, 6) is 0.764. The maximum absolute atomic E-state index is 13.1. The van der Waals surface area contributed by atoms with E-state index < -0.39 is 0 Å². The Morgan fingerprint density at radius 3 is 2.47 bits per heavy atom. The number of carbonyl (C=O) groups excluding carboxylic acids is 1. The van der Waals surface area contributed by atoms with Crippen LogP contribution in [0.25, 0.3) is 0 Å². The molecule has 0 atom stereocenters. The van der Waals surface area contributed by atoms with Crippen molar-refractivity contribution < 1.29 is 14.3 Å². The van der Waals surface area contributed by atoms with Crippen molar-refractivity contribution in [1.82, 2.24) is 4.90 Å². The van der Waals surface area contributed by atoms with Crippen LogP contribution in [0.3, 0.4) is 0 Å². The summed E-state index contributed by atoms with van der Waals surface area (Å²) in [4.78, 5) is 25.6. The molecular formula is C23H24N4O3S2. The van der Waals surface area contributed by atoms with Crippen LogP contribution in [-0.4, -0.2) is 63.5 Å². The average Bonchev–Trinajstić information content (AvgIpc) is 3.30. The van der Waals surface area contributed by atoms with Crippen molar-refractivity contribution in [1.29, 1.82) is 0 Å². The summed E-state index contributed by atoms with van der Waals surface area (Å²) in [5.41, 5.74) is 3.04. The number of methoxy groups -OCH3 is 1. The van der Waals surface area contributed by atoms with Crippen LogP contribution >= 0.6 is 23.5 Å². The Balaban J connectivity index is 1.38. The quantitative estimate of drug-likeness (QED) is 0.628. The summed E-state index contributed by atoms with van der Waals surface area (Å²) < 4.78 is 10.8. The predicted molar refractivity (Wildman–Crippen MR) is 131 cm³/mol. The molecule has 5 rings (SSSR count). The lowest BCUT2D eigenvalue weighted by atomic mass is 10.2. The number of aliphatic imine (C=N–C) groups is 1. The minimum absolute atomic E-state index is 0.0344. The van der Waals surface area contributed by atoms with Gasteiger partial charge in [0.05, 0.1) is 36.7 Å². The number of carbonyl (C=O) groups is 1. The highest BCUT2D eigenvalue weighted by Gasteiger charge is 2.37. The van der Waals surface area contributed by atoms with Crippen molar-refractivity contribution in [2.45, 2.75) is 4.90 Å². The average molecular weight is 469 g/mol. The molecule has 0 aromatic heterocycles. The minimum Gasteiger partial charge on any atom is -0.497 e. The highest BCUT2D eigenvalue weighted by molar-refractivity contribution is 8.19. The van der Waals surface area contributed by atoms with Gasteiger partial charge in [-0.2, -0.15) is 0 Å². The molecule has 32 heavy (non-hydrogen) atoms. The zero-order valence-corrected chi connectivity index (χ0v) is 19.8. The Morgan fingerprint density at radius 2 is 1.75 bits per heavy atom. The van der Waals surface area contributed by atoms with Gasteiger partial charge in [-0.15, -0.1) is 0 Å². The van der Waals surface area contributed by atoms with Gasteiger partial charge in [0.1, 0.15) is 10.7 Å². The number of benzene rings is 2. The first-order valence-corrected chi connectivity index (χ1v) is 12.0. The number of anilines is 2. The summed E-state index contributed by atoms with van der Waals surface area (Å²) in [7, 11) is 5.41. The maximum Gasteiger partial charge on any atom is 0.269 e. The number of amidine groups is 1. The lowest BCUT2D eigenvalue weighted by molar-refractivity contribution is -0.121. The molecule has 7 nitrogen and oxygen atoms in total. The Kier molecular flexibility index (Phi) is 5.79. The van der Waals surface area contributed by atoms with Crippen molar-refractivity contribution in [3.63, 3.8) is 0 Å². The summed E-state index contributed by atoms with van der Waals surface area (Å²) in [6, 6.07) is 14.1. The number of thioether (sulfide) groups is 2. The van der Waals surface area contributed by atoms with Crippen LogP contribution in [0.2, 0.25) is 0 Å². The smallest absolute Gasteiger partial charge is 0.269 e. The van der Waals surface area contributed by atoms with Gasteiger partial charge < -0.3 is 19.3 Å². The van der Waals surface area contributed by atoms with Gasteiger partial charge in [0.25, 0.3) is 5.91 Å². The molecular weight excluding hydrogens is 444 g/mol. The standard InChI is InChI=1S/C23H24N4O3S2/c1-25-18-14-17(29-3)8-9-19(18)31-22(25)20-21(28)26(2)23(32-20)24-15-4-6-16(7-5-15)27-10-12-30-13-11-27/h4-9,14H,10-13H2,1-3H3. The monoisotopic (exact) mass is 468 g/mol. The van der Waals surface area contributed by atoms with Crippen molar-refractivity contribution in [3.05, 3.63) is 52.4 Å². The number of nitrogens with zero attached hydrogens (tertiary/aromatic N) is 4. The van der Waals surface area contributed by atoms with Crippen LogP contribution in [0.5, 0.6) is 5.75 Å². The van der Waals surface area contributed by atoms with E-state index in [0.29, 0.717) is 10.1 Å². The molecule has 0 unspecified atom stereocenters. The Morgan fingerprint density at radius 1 is 1.00 bits per heavy atom. The number of fused-ring (bicyclic) bond motifs is 1. The van der Waals surface area contributed by atoms with Crippen LogP contribution in [0.1, 0.15) is 0 Å². The maximum atomic E-state index is 13.1. The zero-order chi connectivity index (χ0) is 22.2. The van der Waals surface area contributed by atoms with E-state index in [1.54, 1.807) is 30.8 Å². The van der Waals surface area contributed by atoms with Gasteiger partial charge in [0, 0.05) is 43.8 Å². The summed E-state index contributed by atoms with van der Waals surface area (Å²) in [6.07, 6.45) is 0. The molecule has 0 spiro atoms. The Hall–Kier alpha value is -2.62. The molecule has 0 saturated carbocycles. The van der Waals surface area contributed by atoms with E-state index in [2.05, 4.69) is 21.9 Å². The lowest BCUT2D eigenvalue weighted by Crippen LogP contribution is -2.36. The number of morpholine rings is 1. The van der Waals surface area contributed by atoms with Gasteiger partial charge in [0.15, 0.2) is 5.17 Å². The normalized spacial score (nSPS) is 22.2. The third-order valence-corrected chi connectivity index (χ3v) is 8.15. The largest absolute Gasteiger partial charge is 0.497 e. The fourth-order valence-electron chi connectivity index (χ4n) is 3.80. The minimum atomic E-state index is -0.0344. The molecule has 3 aliphatic heterocycles. The number of amides is 1. The first-order chi connectivity index (χ1) is 15.5. The second-order valence-corrected chi connectivity index (χ2v) is 9.61. The van der Waals surface area contributed by atoms with Crippen molar-refractivity contribution >= 4 is 51.7 Å². The SMILES string of the molecule is COc1ccc2c(c1)N(C)C(=C1SC(=Nc3ccc(N4CCOCC4)cc3)N(C)C1=O)S2. The Labute approximate surface area is 196 Å². The summed E-state index contributed by atoms with van der Waals surface area (Å²) in [5, 5.41) is 1.60. The molecule has 166 valence electrons. The number of likely N-dealkylation sites (N-methyl/N-ethyl adjacent to an activating group) is 1. The van der Waals surface area contributed by atoms with E-state index >= 15 is 0 Å². The molecule has 3 aliphatic rings. The van der Waals surface area contributed by atoms with Crippen molar-refractivity contribution in [3.8, 4) is 5.75 Å². The van der Waals surface area contributed by atoms with Gasteiger partial charge in [-0.3, -0.25) is 9.69 Å². The lowest BCUT2D eigenvalue weighted by Gasteiger charge is -2.28. The second kappa shape index (κ2) is 8.73. The van der Waals surface area contributed by atoms with Gasteiger partial charge in [-0.25, -0.2) is 4.99 Å². The number of hydrogen-bond donors (Lipinski definition) is 0. The van der Waals surface area contributed by atoms with Crippen LogP contribution in [0.4, 0.5) is 17.1 Å². The molecule has 0 radical (unpaired) electrons. The summed E-state index contributed by atoms with van der Waals surface area (Å²) >= 11 is 3.02. The number of hydrogen-bond acceptors (Lipinski definition) is 8. The van der Waals surface area contributed by atoms with E-state index in [1.807, 2.05) is 37.4 Å². The van der Waals surface area contributed by atoms with E-state index in [1.165, 1.54) is 17.4 Å². The highest BCUT2D eigenvalue weighted by atomic mass is 32.2.